The van der Waals surface area contributed by atoms with Gasteiger partial charge in [-0.3, -0.25) is 14.4 Å². The molecule has 1 aliphatic carbocycles. The number of halogens is 1. The third-order valence-electron chi connectivity index (χ3n) is 3.33. The average molecular weight is 292 g/mol. The Labute approximate surface area is 121 Å². The van der Waals surface area contributed by atoms with Crippen LogP contribution in [-0.2, 0) is 9.59 Å². The highest BCUT2D eigenvalue weighted by molar-refractivity contribution is 6.38. The Hall–Kier alpha value is -2.24. The summed E-state index contributed by atoms with van der Waals surface area (Å²) in [5, 5.41) is 4.87. The van der Waals surface area contributed by atoms with Crippen molar-refractivity contribution in [2.45, 2.75) is 25.8 Å². The highest BCUT2D eigenvalue weighted by atomic mass is 19.1. The lowest BCUT2D eigenvalue weighted by atomic mass is 10.1. The first kappa shape index (κ1) is 15.2. The van der Waals surface area contributed by atoms with Gasteiger partial charge in [0, 0.05) is 6.54 Å². The van der Waals surface area contributed by atoms with Crippen molar-refractivity contribution in [1.29, 1.82) is 0 Å². The molecule has 112 valence electrons. The number of ketones is 1. The van der Waals surface area contributed by atoms with Crippen LogP contribution >= 0.6 is 0 Å². The molecule has 0 aliphatic heterocycles. The van der Waals surface area contributed by atoms with Crippen molar-refractivity contribution in [3.05, 3.63) is 35.6 Å². The van der Waals surface area contributed by atoms with Gasteiger partial charge in [0.2, 0.25) is 5.78 Å². The summed E-state index contributed by atoms with van der Waals surface area (Å²) in [7, 11) is 0. The fourth-order valence-corrected chi connectivity index (χ4v) is 1.83. The first-order valence-corrected chi connectivity index (χ1v) is 6.86. The van der Waals surface area contributed by atoms with Crippen LogP contribution < -0.4 is 10.6 Å². The van der Waals surface area contributed by atoms with Gasteiger partial charge in [-0.2, -0.15) is 0 Å². The Balaban J connectivity index is 1.88. The molecule has 1 aromatic carbocycles. The number of benzene rings is 1. The largest absolute Gasteiger partial charge is 0.349 e. The van der Waals surface area contributed by atoms with Crippen LogP contribution in [0.5, 0.6) is 0 Å². The number of rotatable bonds is 6. The lowest BCUT2D eigenvalue weighted by molar-refractivity contribution is -0.138. The van der Waals surface area contributed by atoms with Crippen LogP contribution in [0, 0.1) is 11.7 Å². The van der Waals surface area contributed by atoms with E-state index in [2.05, 4.69) is 10.6 Å². The summed E-state index contributed by atoms with van der Waals surface area (Å²) in [4.78, 5) is 35.3. The molecule has 2 rings (SSSR count). The number of hydrogen-bond donors (Lipinski definition) is 2. The van der Waals surface area contributed by atoms with Gasteiger partial charge in [-0.25, -0.2) is 4.39 Å². The van der Waals surface area contributed by atoms with E-state index >= 15 is 0 Å². The topological polar surface area (TPSA) is 75.3 Å². The Morgan fingerprint density at radius 2 is 1.95 bits per heavy atom. The van der Waals surface area contributed by atoms with E-state index in [1.165, 1.54) is 25.1 Å². The molecule has 2 amide bonds. The zero-order chi connectivity index (χ0) is 15.4. The highest BCUT2D eigenvalue weighted by Gasteiger charge is 2.27. The molecule has 0 spiro atoms. The van der Waals surface area contributed by atoms with E-state index < -0.39 is 29.5 Å². The Morgan fingerprint density at radius 3 is 2.57 bits per heavy atom. The third kappa shape index (κ3) is 4.11. The average Bonchev–Trinajstić information content (AvgIpc) is 3.28. The fraction of sp³-hybridized carbons (Fsp3) is 0.400. The van der Waals surface area contributed by atoms with Gasteiger partial charge in [0.1, 0.15) is 5.82 Å². The van der Waals surface area contributed by atoms with Crippen molar-refractivity contribution in [1.82, 2.24) is 10.6 Å². The van der Waals surface area contributed by atoms with Crippen LogP contribution in [0.4, 0.5) is 4.39 Å². The molecule has 1 aromatic rings. The van der Waals surface area contributed by atoms with Crippen LogP contribution in [0.2, 0.25) is 0 Å². The minimum absolute atomic E-state index is 0.157. The number of carbonyl (C=O) groups is 3. The lowest BCUT2D eigenvalue weighted by Gasteiger charge is -2.13. The molecular weight excluding hydrogens is 275 g/mol. The van der Waals surface area contributed by atoms with Gasteiger partial charge < -0.3 is 10.6 Å². The molecule has 1 unspecified atom stereocenters. The Kier molecular flexibility index (Phi) is 4.67. The van der Waals surface area contributed by atoms with Gasteiger partial charge in [-0.15, -0.1) is 0 Å². The van der Waals surface area contributed by atoms with E-state index in [1.807, 2.05) is 0 Å². The molecule has 1 saturated carbocycles. The van der Waals surface area contributed by atoms with Crippen LogP contribution in [0.1, 0.15) is 30.1 Å². The first-order chi connectivity index (χ1) is 9.99. The van der Waals surface area contributed by atoms with Gasteiger partial charge in [-0.1, -0.05) is 12.1 Å². The molecule has 0 heterocycles. The summed E-state index contributed by atoms with van der Waals surface area (Å²) in [5.41, 5.74) is -0.157. The summed E-state index contributed by atoms with van der Waals surface area (Å²) in [6.45, 7) is 1.89. The predicted molar refractivity (Wildman–Crippen MR) is 74.1 cm³/mol. The second-order valence-electron chi connectivity index (χ2n) is 5.19. The third-order valence-corrected chi connectivity index (χ3v) is 3.33. The minimum Gasteiger partial charge on any atom is -0.349 e. The molecule has 0 radical (unpaired) electrons. The van der Waals surface area contributed by atoms with Gasteiger partial charge >= 0.3 is 0 Å². The molecule has 6 heteroatoms. The smallest absolute Gasteiger partial charge is 0.289 e. The maximum absolute atomic E-state index is 13.4. The summed E-state index contributed by atoms with van der Waals surface area (Å²) < 4.78 is 13.4. The molecule has 1 aliphatic rings. The predicted octanol–water partition coefficient (Wildman–Crippen LogP) is 1.04. The van der Waals surface area contributed by atoms with Crippen molar-refractivity contribution >= 4 is 17.6 Å². The summed E-state index contributed by atoms with van der Waals surface area (Å²) in [6, 6.07) is 4.45. The second-order valence-corrected chi connectivity index (χ2v) is 5.19. The minimum atomic E-state index is -1.00. The number of carbonyl (C=O) groups excluding carboxylic acids is 3. The van der Waals surface area contributed by atoms with Gasteiger partial charge in [-0.05, 0) is 37.8 Å². The Bertz CT molecular complexity index is 570. The van der Waals surface area contributed by atoms with E-state index in [9.17, 15) is 18.8 Å². The van der Waals surface area contributed by atoms with E-state index in [1.54, 1.807) is 0 Å². The van der Waals surface area contributed by atoms with Crippen molar-refractivity contribution in [3.8, 4) is 0 Å². The SMILES string of the molecule is CC(NC(=O)c1ccccc1F)C(=O)C(=O)NCC1CC1. The van der Waals surface area contributed by atoms with Crippen LogP contribution in [0.3, 0.4) is 0 Å². The quantitative estimate of drug-likeness (QED) is 0.769. The van der Waals surface area contributed by atoms with Crippen molar-refractivity contribution < 1.29 is 18.8 Å². The first-order valence-electron chi connectivity index (χ1n) is 6.86. The van der Waals surface area contributed by atoms with Crippen molar-refractivity contribution in [2.24, 2.45) is 5.92 Å². The fourth-order valence-electron chi connectivity index (χ4n) is 1.83. The maximum atomic E-state index is 13.4. The number of nitrogens with one attached hydrogen (secondary N) is 2. The zero-order valence-electron chi connectivity index (χ0n) is 11.7. The standard InChI is InChI=1S/C15H17FN2O3/c1-9(13(19)15(21)17-8-10-6-7-10)18-14(20)11-4-2-3-5-12(11)16/h2-5,9-10H,6-8H2,1H3,(H,17,21)(H,18,20). The monoisotopic (exact) mass is 292 g/mol. The van der Waals surface area contributed by atoms with Gasteiger partial charge in [0.05, 0.1) is 11.6 Å². The van der Waals surface area contributed by atoms with Crippen molar-refractivity contribution in [2.75, 3.05) is 6.54 Å². The van der Waals surface area contributed by atoms with Crippen LogP contribution in [0.15, 0.2) is 24.3 Å². The van der Waals surface area contributed by atoms with Gasteiger partial charge in [0.15, 0.2) is 0 Å². The van der Waals surface area contributed by atoms with Crippen molar-refractivity contribution in [3.63, 3.8) is 0 Å². The molecule has 1 fully saturated rings. The molecule has 0 bridgehead atoms. The summed E-state index contributed by atoms with van der Waals surface area (Å²) in [6.07, 6.45) is 2.13. The Morgan fingerprint density at radius 1 is 1.29 bits per heavy atom. The lowest BCUT2D eigenvalue weighted by Crippen LogP contribution is -2.46. The molecular formula is C15H17FN2O3. The van der Waals surface area contributed by atoms with E-state index in [-0.39, 0.29) is 5.56 Å². The molecule has 5 nitrogen and oxygen atoms in total. The zero-order valence-corrected chi connectivity index (χ0v) is 11.7. The number of hydrogen-bond acceptors (Lipinski definition) is 3. The van der Waals surface area contributed by atoms with Gasteiger partial charge in [0.25, 0.3) is 11.8 Å². The molecule has 0 saturated heterocycles. The van der Waals surface area contributed by atoms with E-state index in [0.29, 0.717) is 12.5 Å². The summed E-state index contributed by atoms with van der Waals surface area (Å²) in [5.74, 6) is -2.38. The second kappa shape index (κ2) is 6.47. The summed E-state index contributed by atoms with van der Waals surface area (Å²) >= 11 is 0. The van der Waals surface area contributed by atoms with E-state index in [0.717, 1.165) is 18.9 Å². The molecule has 21 heavy (non-hydrogen) atoms. The van der Waals surface area contributed by atoms with Crippen LogP contribution in [-0.4, -0.2) is 30.2 Å². The number of Topliss-reactive ketones (excluding diaryl/α,β-unsaturated/α-hetero) is 1. The normalized spacial score (nSPS) is 15.1. The molecule has 0 aromatic heterocycles. The van der Waals surface area contributed by atoms with E-state index in [4.69, 9.17) is 0 Å². The highest BCUT2D eigenvalue weighted by Crippen LogP contribution is 2.27. The number of amides is 2. The molecule has 2 N–H and O–H groups in total. The van der Waals surface area contributed by atoms with Crippen LogP contribution in [0.25, 0.3) is 0 Å². The maximum Gasteiger partial charge on any atom is 0.289 e. The molecule has 1 atom stereocenters.